The molecule has 0 fully saturated rings. The van der Waals surface area contributed by atoms with E-state index in [-0.39, 0.29) is 17.1 Å². The second-order valence-electron chi connectivity index (χ2n) is 5.54. The van der Waals surface area contributed by atoms with Crippen LogP contribution in [0, 0.1) is 5.41 Å². The first-order valence-electron chi connectivity index (χ1n) is 6.73. The molecule has 118 valence electrons. The molecule has 0 aliphatic carbocycles. The first-order chi connectivity index (χ1) is 9.84. The standard InChI is InChI=1S/C15H20ClF2NO2/c1-15(2,8-3-9-16)10-19-13(20)11-4-6-12(7-5-11)21-14(17)18/h4-7,14H,3,8-10H2,1-2H3,(H,19,20). The molecular weight excluding hydrogens is 300 g/mol. The van der Waals surface area contributed by atoms with Crippen LogP contribution < -0.4 is 10.1 Å². The van der Waals surface area contributed by atoms with Gasteiger partial charge in [-0.2, -0.15) is 8.78 Å². The molecule has 0 saturated heterocycles. The summed E-state index contributed by atoms with van der Waals surface area (Å²) in [6, 6.07) is 5.61. The van der Waals surface area contributed by atoms with Crippen molar-refractivity contribution >= 4 is 17.5 Å². The molecule has 0 atom stereocenters. The Kier molecular flexibility index (Phi) is 6.89. The maximum absolute atomic E-state index is 12.0. The largest absolute Gasteiger partial charge is 0.435 e. The molecule has 21 heavy (non-hydrogen) atoms. The first-order valence-corrected chi connectivity index (χ1v) is 7.26. The van der Waals surface area contributed by atoms with Crippen molar-refractivity contribution in [3.05, 3.63) is 29.8 Å². The van der Waals surface area contributed by atoms with E-state index in [0.29, 0.717) is 18.0 Å². The van der Waals surface area contributed by atoms with Crippen LogP contribution in [0.15, 0.2) is 24.3 Å². The minimum absolute atomic E-state index is 0.0315. The molecule has 3 nitrogen and oxygen atoms in total. The fourth-order valence-electron chi connectivity index (χ4n) is 1.84. The summed E-state index contributed by atoms with van der Waals surface area (Å²) in [4.78, 5) is 12.0. The van der Waals surface area contributed by atoms with Gasteiger partial charge in [-0.25, -0.2) is 0 Å². The highest BCUT2D eigenvalue weighted by Crippen LogP contribution is 2.21. The molecule has 0 heterocycles. The molecule has 0 aliphatic rings. The van der Waals surface area contributed by atoms with Gasteiger partial charge in [0, 0.05) is 18.0 Å². The molecule has 0 aliphatic heterocycles. The van der Waals surface area contributed by atoms with E-state index in [4.69, 9.17) is 11.6 Å². The predicted octanol–water partition coefficient (Wildman–Crippen LogP) is 4.06. The van der Waals surface area contributed by atoms with E-state index < -0.39 is 6.61 Å². The van der Waals surface area contributed by atoms with Gasteiger partial charge in [-0.3, -0.25) is 4.79 Å². The number of halogens is 3. The molecular formula is C15H20ClF2NO2. The lowest BCUT2D eigenvalue weighted by atomic mass is 9.88. The van der Waals surface area contributed by atoms with E-state index in [1.807, 2.05) is 0 Å². The predicted molar refractivity (Wildman–Crippen MR) is 79.1 cm³/mol. The van der Waals surface area contributed by atoms with Gasteiger partial charge in [-0.15, -0.1) is 11.6 Å². The first kappa shape index (κ1) is 17.7. The van der Waals surface area contributed by atoms with E-state index in [0.717, 1.165) is 12.8 Å². The van der Waals surface area contributed by atoms with E-state index >= 15 is 0 Å². The maximum atomic E-state index is 12.0. The summed E-state index contributed by atoms with van der Waals surface area (Å²) < 4.78 is 28.3. The number of hydrogen-bond donors (Lipinski definition) is 1. The van der Waals surface area contributed by atoms with Crippen LogP contribution in [0.2, 0.25) is 0 Å². The van der Waals surface area contributed by atoms with Gasteiger partial charge in [0.1, 0.15) is 5.75 Å². The SMILES string of the molecule is CC(C)(CCCCl)CNC(=O)c1ccc(OC(F)F)cc1. The Hall–Kier alpha value is -1.36. The Morgan fingerprint density at radius 3 is 2.48 bits per heavy atom. The number of amides is 1. The Morgan fingerprint density at radius 2 is 1.95 bits per heavy atom. The van der Waals surface area contributed by atoms with Crippen molar-refractivity contribution < 1.29 is 18.3 Å². The van der Waals surface area contributed by atoms with Crippen molar-refractivity contribution in [1.82, 2.24) is 5.32 Å². The highest BCUT2D eigenvalue weighted by Gasteiger charge is 2.18. The van der Waals surface area contributed by atoms with Crippen LogP contribution in [-0.2, 0) is 0 Å². The van der Waals surface area contributed by atoms with Crippen molar-refractivity contribution in [2.75, 3.05) is 12.4 Å². The summed E-state index contributed by atoms with van der Waals surface area (Å²) in [5, 5.41) is 2.84. The van der Waals surface area contributed by atoms with E-state index in [1.54, 1.807) is 0 Å². The highest BCUT2D eigenvalue weighted by molar-refractivity contribution is 6.17. The average Bonchev–Trinajstić information content (AvgIpc) is 2.43. The van der Waals surface area contributed by atoms with Crippen LogP contribution in [0.4, 0.5) is 8.78 Å². The van der Waals surface area contributed by atoms with Gasteiger partial charge >= 0.3 is 6.61 Å². The molecule has 6 heteroatoms. The normalized spacial score (nSPS) is 11.5. The Labute approximate surface area is 128 Å². The monoisotopic (exact) mass is 319 g/mol. The van der Waals surface area contributed by atoms with Crippen molar-refractivity contribution in [3.8, 4) is 5.75 Å². The fourth-order valence-corrected chi connectivity index (χ4v) is 1.98. The van der Waals surface area contributed by atoms with Gasteiger partial charge in [0.25, 0.3) is 5.91 Å². The van der Waals surface area contributed by atoms with Crippen LogP contribution in [-0.4, -0.2) is 24.9 Å². The van der Waals surface area contributed by atoms with Gasteiger partial charge in [0.05, 0.1) is 0 Å². The summed E-state index contributed by atoms with van der Waals surface area (Å²) >= 11 is 5.66. The minimum atomic E-state index is -2.87. The van der Waals surface area contributed by atoms with E-state index in [9.17, 15) is 13.6 Å². The molecule has 0 spiro atoms. The summed E-state index contributed by atoms with van der Waals surface area (Å²) in [6.07, 6.45) is 1.81. The van der Waals surface area contributed by atoms with E-state index in [2.05, 4.69) is 23.9 Å². The summed E-state index contributed by atoms with van der Waals surface area (Å²) in [6.45, 7) is 1.77. The zero-order valence-electron chi connectivity index (χ0n) is 12.2. The third-order valence-corrected chi connectivity index (χ3v) is 3.32. The number of nitrogens with one attached hydrogen (secondary N) is 1. The van der Waals surface area contributed by atoms with Crippen molar-refractivity contribution in [1.29, 1.82) is 0 Å². The van der Waals surface area contributed by atoms with Gasteiger partial charge in [0.2, 0.25) is 0 Å². The van der Waals surface area contributed by atoms with E-state index in [1.165, 1.54) is 24.3 Å². The molecule has 1 aromatic rings. The number of carbonyl (C=O) groups is 1. The molecule has 1 amide bonds. The number of carbonyl (C=O) groups excluding carboxylic acids is 1. The molecule has 0 bridgehead atoms. The Balaban J connectivity index is 2.52. The zero-order chi connectivity index (χ0) is 15.9. The second kappa shape index (κ2) is 8.17. The minimum Gasteiger partial charge on any atom is -0.435 e. The number of benzene rings is 1. The highest BCUT2D eigenvalue weighted by atomic mass is 35.5. The zero-order valence-corrected chi connectivity index (χ0v) is 12.9. The molecule has 1 rings (SSSR count). The van der Waals surface area contributed by atoms with Crippen LogP contribution in [0.3, 0.4) is 0 Å². The van der Waals surface area contributed by atoms with Crippen LogP contribution in [0.1, 0.15) is 37.0 Å². The topological polar surface area (TPSA) is 38.3 Å². The summed E-state index contributed by atoms with van der Waals surface area (Å²) in [5.74, 6) is 0.393. The molecule has 1 aromatic carbocycles. The Bertz CT molecular complexity index is 449. The Morgan fingerprint density at radius 1 is 1.33 bits per heavy atom. The molecule has 0 aromatic heterocycles. The average molecular weight is 320 g/mol. The summed E-state index contributed by atoms with van der Waals surface area (Å²) in [7, 11) is 0. The van der Waals surface area contributed by atoms with Crippen molar-refractivity contribution in [2.45, 2.75) is 33.3 Å². The third-order valence-electron chi connectivity index (χ3n) is 3.06. The molecule has 0 unspecified atom stereocenters. The van der Waals surface area contributed by atoms with Gasteiger partial charge in [0.15, 0.2) is 0 Å². The number of hydrogen-bond acceptors (Lipinski definition) is 2. The third kappa shape index (κ3) is 6.76. The van der Waals surface area contributed by atoms with Gasteiger partial charge in [-0.05, 0) is 42.5 Å². The number of ether oxygens (including phenoxy) is 1. The van der Waals surface area contributed by atoms with Gasteiger partial charge < -0.3 is 10.1 Å². The van der Waals surface area contributed by atoms with Crippen molar-refractivity contribution in [2.24, 2.45) is 5.41 Å². The summed E-state index contributed by atoms with van der Waals surface area (Å²) in [5.41, 5.74) is 0.369. The van der Waals surface area contributed by atoms with Crippen LogP contribution in [0.5, 0.6) is 5.75 Å². The van der Waals surface area contributed by atoms with Crippen LogP contribution >= 0.6 is 11.6 Å². The quantitative estimate of drug-likeness (QED) is 0.734. The lowest BCUT2D eigenvalue weighted by Gasteiger charge is -2.24. The maximum Gasteiger partial charge on any atom is 0.387 e. The smallest absolute Gasteiger partial charge is 0.387 e. The second-order valence-corrected chi connectivity index (χ2v) is 5.92. The fraction of sp³-hybridized carbons (Fsp3) is 0.533. The van der Waals surface area contributed by atoms with Crippen molar-refractivity contribution in [3.63, 3.8) is 0 Å². The molecule has 1 N–H and O–H groups in total. The lowest BCUT2D eigenvalue weighted by molar-refractivity contribution is -0.0498. The van der Waals surface area contributed by atoms with Gasteiger partial charge in [-0.1, -0.05) is 13.8 Å². The number of rotatable bonds is 8. The molecule has 0 radical (unpaired) electrons. The number of alkyl halides is 3. The molecule has 0 saturated carbocycles. The lowest BCUT2D eigenvalue weighted by Crippen LogP contribution is -2.34. The van der Waals surface area contributed by atoms with Crippen LogP contribution in [0.25, 0.3) is 0 Å².